The van der Waals surface area contributed by atoms with Crippen molar-refractivity contribution in [2.24, 2.45) is 5.92 Å². The Hall–Kier alpha value is -3.37. The van der Waals surface area contributed by atoms with E-state index < -0.39 is 46.6 Å². The Morgan fingerprint density at radius 1 is 1.26 bits per heavy atom. The maximum absolute atomic E-state index is 12.5. The topological polar surface area (TPSA) is 163 Å². The van der Waals surface area contributed by atoms with Crippen LogP contribution in [0.15, 0.2) is 22.8 Å². The van der Waals surface area contributed by atoms with Crippen LogP contribution < -0.4 is 0 Å². The summed E-state index contributed by atoms with van der Waals surface area (Å²) in [6.07, 6.45) is -0.608. The Morgan fingerprint density at radius 3 is 2.44 bits per heavy atom. The van der Waals surface area contributed by atoms with Crippen molar-refractivity contribution in [3.63, 3.8) is 0 Å². The summed E-state index contributed by atoms with van der Waals surface area (Å²) in [5.74, 6) is -7.02. The van der Waals surface area contributed by atoms with E-state index in [1.165, 1.54) is 32.0 Å². The summed E-state index contributed by atoms with van der Waals surface area (Å²) in [6.45, 7) is 4.11. The second-order valence-corrected chi connectivity index (χ2v) is 6.15. The molecular weight excluding hydrogens is 362 g/mol. The first-order valence-electron chi connectivity index (χ1n) is 7.93. The number of esters is 1. The smallest absolute Gasteiger partial charge is 0.379 e. The van der Waals surface area contributed by atoms with Crippen molar-refractivity contribution >= 4 is 28.8 Å². The average molecular weight is 379 g/mol. The first kappa shape index (κ1) is 19.9. The van der Waals surface area contributed by atoms with Crippen LogP contribution in [0.2, 0.25) is 0 Å². The normalized spacial score (nSPS) is 14.5. The van der Waals surface area contributed by atoms with Gasteiger partial charge in [-0.2, -0.15) is 0 Å². The summed E-state index contributed by atoms with van der Waals surface area (Å²) in [6, 6.07) is 1.98. The highest BCUT2D eigenvalue weighted by Gasteiger charge is 2.50. The number of nitrogens with zero attached hydrogens (tertiary/aromatic N) is 3. The van der Waals surface area contributed by atoms with E-state index in [0.717, 1.165) is 6.92 Å². The summed E-state index contributed by atoms with van der Waals surface area (Å²) < 4.78 is 9.65. The van der Waals surface area contributed by atoms with Crippen LogP contribution in [0, 0.1) is 16.0 Å². The van der Waals surface area contributed by atoms with Crippen LogP contribution in [-0.2, 0) is 19.1 Å². The van der Waals surface area contributed by atoms with Gasteiger partial charge in [0.2, 0.25) is 0 Å². The third-order valence-electron chi connectivity index (χ3n) is 3.90. The zero-order chi connectivity index (χ0) is 20.3. The summed E-state index contributed by atoms with van der Waals surface area (Å²) in [5, 5.41) is 28.2. The minimum atomic E-state index is -2.29. The number of benzene rings is 1. The van der Waals surface area contributed by atoms with Gasteiger partial charge in [0, 0.05) is 4.92 Å². The van der Waals surface area contributed by atoms with Crippen LogP contribution in [-0.4, -0.2) is 50.2 Å². The number of hydrogen-bond acceptors (Lipinski definition) is 9. The van der Waals surface area contributed by atoms with Gasteiger partial charge in [-0.15, -0.1) is 0 Å². The van der Waals surface area contributed by atoms with Crippen LogP contribution in [0.3, 0.4) is 0 Å². The Morgan fingerprint density at radius 2 is 1.93 bits per heavy atom. The maximum atomic E-state index is 12.5. The van der Waals surface area contributed by atoms with E-state index in [1.807, 2.05) is 0 Å². The molecule has 2 aromatic rings. The fourth-order valence-corrected chi connectivity index (χ4v) is 2.87. The van der Waals surface area contributed by atoms with Gasteiger partial charge in [-0.05, 0) is 42.7 Å². The molecule has 1 N–H and O–H groups in total. The number of nitro groups is 1. The quantitative estimate of drug-likeness (QED) is 0.305. The number of ether oxygens (including phenoxy) is 1. The van der Waals surface area contributed by atoms with Gasteiger partial charge in [-0.25, -0.2) is 9.42 Å². The molecule has 3 atom stereocenters. The summed E-state index contributed by atoms with van der Waals surface area (Å²) in [7, 11) is 0. The lowest BCUT2D eigenvalue weighted by molar-refractivity contribution is -0.515. The molecule has 11 nitrogen and oxygen atoms in total. The zero-order valence-corrected chi connectivity index (χ0v) is 14.7. The van der Waals surface area contributed by atoms with E-state index in [0.29, 0.717) is 0 Å². The molecule has 1 heterocycles. The highest BCUT2D eigenvalue weighted by Crippen LogP contribution is 2.35. The number of carboxylic acids is 1. The van der Waals surface area contributed by atoms with Crippen molar-refractivity contribution < 1.29 is 33.8 Å². The first-order chi connectivity index (χ1) is 12.6. The first-order valence-corrected chi connectivity index (χ1v) is 7.93. The molecule has 0 aliphatic carbocycles. The second-order valence-electron chi connectivity index (χ2n) is 6.15. The molecule has 0 saturated carbocycles. The number of Topliss-reactive ketones (excluding diaryl/α,β-unsaturated/α-hetero) is 1. The minimum Gasteiger partial charge on any atom is -0.476 e. The number of aliphatic carboxylic acids is 1. The second kappa shape index (κ2) is 7.89. The molecular formula is C16H17N3O8. The van der Waals surface area contributed by atoms with Crippen molar-refractivity contribution in [2.45, 2.75) is 38.8 Å². The lowest BCUT2D eigenvalue weighted by atomic mass is 9.78. The minimum absolute atomic E-state index is 0.0150. The fraction of sp³-hybridized carbons (Fsp3) is 0.438. The molecule has 0 amide bonds. The van der Waals surface area contributed by atoms with E-state index in [1.54, 1.807) is 0 Å². The number of carbonyl (C=O) groups is 3. The third-order valence-corrected chi connectivity index (χ3v) is 3.90. The zero-order valence-electron chi connectivity index (χ0n) is 14.7. The number of rotatable bonds is 8. The molecule has 0 radical (unpaired) electrons. The molecule has 11 heteroatoms. The molecule has 0 fully saturated rings. The number of carboxylic acid groups (broad SMARTS) is 1. The van der Waals surface area contributed by atoms with Gasteiger partial charge < -0.3 is 9.84 Å². The van der Waals surface area contributed by atoms with Crippen molar-refractivity contribution in [1.29, 1.82) is 0 Å². The van der Waals surface area contributed by atoms with Crippen molar-refractivity contribution in [2.75, 3.05) is 0 Å². The lowest BCUT2D eigenvalue weighted by Crippen LogP contribution is -2.44. The molecule has 1 aromatic carbocycles. The predicted octanol–water partition coefficient (Wildman–Crippen LogP) is 1.19. The largest absolute Gasteiger partial charge is 0.476 e. The van der Waals surface area contributed by atoms with Crippen LogP contribution in [0.1, 0.15) is 32.3 Å². The molecule has 27 heavy (non-hydrogen) atoms. The Bertz CT molecular complexity index is 877. The molecule has 0 bridgehead atoms. The van der Waals surface area contributed by atoms with Crippen LogP contribution in [0.5, 0.6) is 0 Å². The SMILES string of the molecule is CC(=O)C(C(=O)OC(C)C)C(c1cccc2nonc12)C(C(=O)O)[N+](=O)[O-]. The Labute approximate surface area is 152 Å². The summed E-state index contributed by atoms with van der Waals surface area (Å²) >= 11 is 0. The Balaban J connectivity index is 2.73. The molecule has 0 aliphatic heterocycles. The van der Waals surface area contributed by atoms with Crippen LogP contribution in [0.4, 0.5) is 0 Å². The van der Waals surface area contributed by atoms with E-state index in [-0.39, 0.29) is 16.6 Å². The van der Waals surface area contributed by atoms with E-state index in [9.17, 15) is 29.6 Å². The van der Waals surface area contributed by atoms with Gasteiger partial charge in [0.05, 0.1) is 12.0 Å². The number of ketones is 1. The van der Waals surface area contributed by atoms with Gasteiger partial charge in [0.15, 0.2) is 0 Å². The molecule has 0 saturated heterocycles. The average Bonchev–Trinajstić information content (AvgIpc) is 3.00. The number of fused-ring (bicyclic) bond motifs is 1. The van der Waals surface area contributed by atoms with E-state index in [2.05, 4.69) is 14.9 Å². The number of aromatic nitrogens is 2. The highest BCUT2D eigenvalue weighted by atomic mass is 16.6. The molecule has 2 rings (SSSR count). The van der Waals surface area contributed by atoms with Crippen LogP contribution in [0.25, 0.3) is 11.0 Å². The molecule has 1 aromatic heterocycles. The van der Waals surface area contributed by atoms with Crippen molar-refractivity contribution in [3.8, 4) is 0 Å². The summed E-state index contributed by atoms with van der Waals surface area (Å²) in [5.41, 5.74) is 0.211. The van der Waals surface area contributed by atoms with Gasteiger partial charge in [-0.1, -0.05) is 12.1 Å². The lowest BCUT2D eigenvalue weighted by Gasteiger charge is -2.25. The van der Waals surface area contributed by atoms with E-state index in [4.69, 9.17) is 4.74 Å². The monoisotopic (exact) mass is 379 g/mol. The summed E-state index contributed by atoms with van der Waals surface area (Å²) in [4.78, 5) is 46.8. The predicted molar refractivity (Wildman–Crippen MR) is 88.4 cm³/mol. The molecule has 0 spiro atoms. The highest BCUT2D eigenvalue weighted by molar-refractivity contribution is 6.00. The van der Waals surface area contributed by atoms with Crippen molar-refractivity contribution in [3.05, 3.63) is 33.9 Å². The van der Waals surface area contributed by atoms with Gasteiger partial charge in [0.1, 0.15) is 22.7 Å². The molecule has 0 aliphatic rings. The van der Waals surface area contributed by atoms with Crippen LogP contribution >= 0.6 is 0 Å². The van der Waals surface area contributed by atoms with Gasteiger partial charge in [-0.3, -0.25) is 19.7 Å². The number of hydrogen-bond donors (Lipinski definition) is 1. The van der Waals surface area contributed by atoms with E-state index >= 15 is 0 Å². The molecule has 3 unspecified atom stereocenters. The number of carbonyl (C=O) groups excluding carboxylic acids is 2. The standard InChI is InChI=1S/C16H17N3O8/c1-7(2)26-16(23)11(8(3)20)12(14(15(21)22)19(24)25)9-5-4-6-10-13(9)18-27-17-10/h4-7,11-12,14H,1-3H3,(H,21,22). The van der Waals surface area contributed by atoms with Crippen molar-refractivity contribution in [1.82, 2.24) is 10.3 Å². The Kier molecular flexibility index (Phi) is 5.83. The fourth-order valence-electron chi connectivity index (χ4n) is 2.87. The maximum Gasteiger partial charge on any atom is 0.379 e. The third kappa shape index (κ3) is 4.07. The van der Waals surface area contributed by atoms with Gasteiger partial charge >= 0.3 is 18.0 Å². The van der Waals surface area contributed by atoms with Gasteiger partial charge in [0.25, 0.3) is 0 Å². The molecule has 144 valence electrons.